The first-order valence-electron chi connectivity index (χ1n) is 15.6. The lowest BCUT2D eigenvalue weighted by atomic mass is 9.88. The zero-order chi connectivity index (χ0) is 33.6. The second-order valence-electron chi connectivity index (χ2n) is 12.8. The highest BCUT2D eigenvalue weighted by Gasteiger charge is 2.42. The predicted octanol–water partition coefficient (Wildman–Crippen LogP) is 5.15. The number of methoxy groups -OCH3 is 1. The first-order valence-corrected chi connectivity index (χ1v) is 15.6. The SMILES string of the molecule is CC[C@H](C)[C@@H]([C@@H](CC(=O)O)OC)N(C)[C@H](C(=O)NC(=O)C(C)(C)N(C)C(=O)OCC1c2ccccc2-c2ccccc21)C(C)C. The van der Waals surface area contributed by atoms with Gasteiger partial charge in [0, 0.05) is 26.1 Å². The summed E-state index contributed by atoms with van der Waals surface area (Å²) in [7, 11) is 4.70. The molecule has 4 atom stereocenters. The molecule has 0 unspecified atom stereocenters. The van der Waals surface area contributed by atoms with Crippen LogP contribution in [0.4, 0.5) is 4.79 Å². The number of carbonyl (C=O) groups excluding carboxylic acids is 3. The lowest BCUT2D eigenvalue weighted by Gasteiger charge is -2.42. The number of carboxylic acid groups (broad SMARTS) is 1. The normalized spacial score (nSPS) is 15.5. The molecular weight excluding hydrogens is 574 g/mol. The van der Waals surface area contributed by atoms with Crippen molar-refractivity contribution < 1.29 is 33.8 Å². The van der Waals surface area contributed by atoms with Gasteiger partial charge in [0.1, 0.15) is 12.1 Å². The average Bonchev–Trinajstić information content (AvgIpc) is 3.31. The highest BCUT2D eigenvalue weighted by Crippen LogP contribution is 2.44. The Morgan fingerprint density at radius 3 is 1.96 bits per heavy atom. The van der Waals surface area contributed by atoms with Crippen molar-refractivity contribution in [2.75, 3.05) is 27.8 Å². The molecule has 0 spiro atoms. The molecule has 1 aliphatic rings. The van der Waals surface area contributed by atoms with Gasteiger partial charge >= 0.3 is 12.1 Å². The Hall–Kier alpha value is -3.76. The molecule has 3 rings (SSSR count). The van der Waals surface area contributed by atoms with E-state index in [1.807, 2.05) is 69.0 Å². The van der Waals surface area contributed by atoms with E-state index in [4.69, 9.17) is 9.47 Å². The zero-order valence-corrected chi connectivity index (χ0v) is 28.0. The summed E-state index contributed by atoms with van der Waals surface area (Å²) in [6, 6.07) is 14.9. The van der Waals surface area contributed by atoms with E-state index >= 15 is 0 Å². The number of aliphatic carboxylic acids is 1. The number of carboxylic acids is 1. The maximum Gasteiger partial charge on any atom is 0.410 e. The lowest BCUT2D eigenvalue weighted by Crippen LogP contribution is -2.62. The number of rotatable bonds is 14. The molecule has 2 aromatic rings. The zero-order valence-electron chi connectivity index (χ0n) is 28.0. The number of likely N-dealkylation sites (N-methyl/N-ethyl adjacent to an activating group) is 2. The third kappa shape index (κ3) is 7.73. The van der Waals surface area contributed by atoms with Gasteiger partial charge in [-0.15, -0.1) is 0 Å². The number of nitrogens with one attached hydrogen (secondary N) is 1. The van der Waals surface area contributed by atoms with E-state index in [2.05, 4.69) is 17.4 Å². The van der Waals surface area contributed by atoms with Gasteiger partial charge in [-0.1, -0.05) is 82.6 Å². The number of carbonyl (C=O) groups is 4. The number of hydrogen-bond donors (Lipinski definition) is 2. The summed E-state index contributed by atoms with van der Waals surface area (Å²) >= 11 is 0. The van der Waals surface area contributed by atoms with E-state index in [9.17, 15) is 24.3 Å². The molecular formula is C35H49N3O7. The molecule has 0 heterocycles. The smallest absolute Gasteiger partial charge is 0.410 e. The van der Waals surface area contributed by atoms with Gasteiger partial charge in [0.15, 0.2) is 0 Å². The van der Waals surface area contributed by atoms with Crippen molar-refractivity contribution >= 4 is 23.9 Å². The number of fused-ring (bicyclic) bond motifs is 3. The fraction of sp³-hybridized carbons (Fsp3) is 0.543. The van der Waals surface area contributed by atoms with Crippen LogP contribution in [0.2, 0.25) is 0 Å². The van der Waals surface area contributed by atoms with Crippen LogP contribution in [-0.2, 0) is 23.9 Å². The van der Waals surface area contributed by atoms with Crippen molar-refractivity contribution in [3.8, 4) is 11.1 Å². The summed E-state index contributed by atoms with van der Waals surface area (Å²) in [6.45, 7) is 10.9. The fourth-order valence-corrected chi connectivity index (χ4v) is 6.34. The highest BCUT2D eigenvalue weighted by atomic mass is 16.6. The summed E-state index contributed by atoms with van der Waals surface area (Å²) in [6.07, 6.45) is -0.837. The van der Waals surface area contributed by atoms with Gasteiger partial charge in [0.2, 0.25) is 5.91 Å². The van der Waals surface area contributed by atoms with Crippen LogP contribution in [0.5, 0.6) is 0 Å². The number of ether oxygens (including phenoxy) is 2. The molecule has 0 saturated carbocycles. The van der Waals surface area contributed by atoms with Crippen molar-refractivity contribution in [1.82, 2.24) is 15.1 Å². The van der Waals surface area contributed by atoms with Crippen LogP contribution in [0.1, 0.15) is 71.4 Å². The fourth-order valence-electron chi connectivity index (χ4n) is 6.34. The van der Waals surface area contributed by atoms with Gasteiger partial charge in [0.05, 0.1) is 18.6 Å². The Kier molecular flexibility index (Phi) is 11.9. The second kappa shape index (κ2) is 15.0. The lowest BCUT2D eigenvalue weighted by molar-refractivity contribution is -0.143. The minimum Gasteiger partial charge on any atom is -0.481 e. The van der Waals surface area contributed by atoms with Crippen molar-refractivity contribution in [2.45, 2.75) is 84.0 Å². The predicted molar refractivity (Wildman–Crippen MR) is 173 cm³/mol. The van der Waals surface area contributed by atoms with E-state index < -0.39 is 47.6 Å². The molecule has 0 radical (unpaired) electrons. The van der Waals surface area contributed by atoms with Crippen molar-refractivity contribution in [3.63, 3.8) is 0 Å². The Morgan fingerprint density at radius 1 is 0.956 bits per heavy atom. The molecule has 0 saturated heterocycles. The second-order valence-corrected chi connectivity index (χ2v) is 12.8. The number of hydrogen-bond acceptors (Lipinski definition) is 7. The minimum absolute atomic E-state index is 0.000180. The van der Waals surface area contributed by atoms with Crippen LogP contribution in [0.3, 0.4) is 0 Å². The van der Waals surface area contributed by atoms with Gasteiger partial charge in [-0.05, 0) is 55.0 Å². The molecule has 3 amide bonds. The highest BCUT2D eigenvalue weighted by molar-refractivity contribution is 6.02. The van der Waals surface area contributed by atoms with Crippen LogP contribution < -0.4 is 5.32 Å². The van der Waals surface area contributed by atoms with Crippen LogP contribution in [0.15, 0.2) is 48.5 Å². The van der Waals surface area contributed by atoms with Gasteiger partial charge in [-0.2, -0.15) is 0 Å². The van der Waals surface area contributed by atoms with Crippen LogP contribution in [-0.4, -0.2) is 90.3 Å². The number of nitrogens with zero attached hydrogens (tertiary/aromatic N) is 2. The van der Waals surface area contributed by atoms with E-state index in [1.54, 1.807) is 20.9 Å². The molecule has 1 aliphatic carbocycles. The molecule has 0 aromatic heterocycles. The molecule has 2 N–H and O–H groups in total. The first-order chi connectivity index (χ1) is 21.2. The molecule has 0 aliphatic heterocycles. The Bertz CT molecular complexity index is 1330. The van der Waals surface area contributed by atoms with Crippen molar-refractivity contribution in [1.29, 1.82) is 0 Å². The van der Waals surface area contributed by atoms with Crippen LogP contribution in [0, 0.1) is 11.8 Å². The Balaban J connectivity index is 1.73. The van der Waals surface area contributed by atoms with Gasteiger partial charge < -0.3 is 14.6 Å². The van der Waals surface area contributed by atoms with Gasteiger partial charge in [-0.25, -0.2) is 4.79 Å². The molecule has 0 fully saturated rings. The third-order valence-electron chi connectivity index (χ3n) is 9.34. The van der Waals surface area contributed by atoms with E-state index in [0.29, 0.717) is 0 Å². The molecule has 10 heteroatoms. The van der Waals surface area contributed by atoms with E-state index in [0.717, 1.165) is 28.7 Å². The maximum absolute atomic E-state index is 13.7. The molecule has 2 aromatic carbocycles. The Labute approximate surface area is 267 Å². The van der Waals surface area contributed by atoms with Gasteiger partial charge in [0.25, 0.3) is 5.91 Å². The van der Waals surface area contributed by atoms with Crippen LogP contribution >= 0.6 is 0 Å². The largest absolute Gasteiger partial charge is 0.481 e. The summed E-state index contributed by atoms with van der Waals surface area (Å²) in [4.78, 5) is 55.1. The molecule has 0 bridgehead atoms. The van der Waals surface area contributed by atoms with Gasteiger partial charge in [-0.3, -0.25) is 29.5 Å². The summed E-state index contributed by atoms with van der Waals surface area (Å²) in [5.41, 5.74) is 2.96. The number of imide groups is 1. The summed E-state index contributed by atoms with van der Waals surface area (Å²) < 4.78 is 11.3. The number of amides is 3. The topological polar surface area (TPSA) is 125 Å². The van der Waals surface area contributed by atoms with Crippen molar-refractivity contribution in [3.05, 3.63) is 59.7 Å². The molecule has 10 nitrogen and oxygen atoms in total. The Morgan fingerprint density at radius 2 is 1.49 bits per heavy atom. The van der Waals surface area contributed by atoms with Crippen LogP contribution in [0.25, 0.3) is 11.1 Å². The number of benzene rings is 2. The summed E-state index contributed by atoms with van der Waals surface area (Å²) in [5, 5.41) is 12.0. The minimum atomic E-state index is -1.42. The first kappa shape index (κ1) is 35.7. The average molecular weight is 624 g/mol. The molecule has 246 valence electrons. The van der Waals surface area contributed by atoms with E-state index in [-0.39, 0.29) is 30.8 Å². The van der Waals surface area contributed by atoms with Crippen molar-refractivity contribution in [2.24, 2.45) is 11.8 Å². The summed E-state index contributed by atoms with van der Waals surface area (Å²) in [5.74, 6) is -2.55. The van der Waals surface area contributed by atoms with E-state index in [1.165, 1.54) is 19.1 Å². The third-order valence-corrected chi connectivity index (χ3v) is 9.34. The quantitative estimate of drug-likeness (QED) is 0.296. The standard InChI is InChI=1S/C35H49N3O7/c1-10-22(4)31(28(44-9)19-29(39)40)37(7)30(21(2)3)32(41)36-33(42)35(5,6)38(8)34(43)45-20-27-25-17-13-11-15-23(25)24-16-12-14-18-26(24)27/h11-18,21-22,27-28,30-31H,10,19-20H2,1-9H3,(H,39,40)(H,36,41,42)/t22-,28+,30-,31-/m0/s1. The monoisotopic (exact) mass is 623 g/mol. The molecule has 45 heavy (non-hydrogen) atoms. The maximum atomic E-state index is 13.7.